The molecule has 0 radical (unpaired) electrons. The Labute approximate surface area is 70.4 Å². The summed E-state index contributed by atoms with van der Waals surface area (Å²) in [5.41, 5.74) is 6.52. The molecule has 11 heavy (non-hydrogen) atoms. The van der Waals surface area contributed by atoms with E-state index in [-0.39, 0.29) is 0 Å². The van der Waals surface area contributed by atoms with E-state index in [2.05, 4.69) is 27.7 Å². The first-order valence-corrected chi connectivity index (χ1v) is 4.77. The Kier molecular flexibility index (Phi) is 2.29. The van der Waals surface area contributed by atoms with Crippen LogP contribution in [0.3, 0.4) is 0 Å². The van der Waals surface area contributed by atoms with Gasteiger partial charge in [-0.3, -0.25) is 0 Å². The standard InChI is InChI=1S/C10H21N/c1-7(2)10(8(3)4)6-5-9(10)11/h7-9H,5-6,11H2,1-4H3/t9-/m1/s1. The van der Waals surface area contributed by atoms with Gasteiger partial charge in [0, 0.05) is 6.04 Å². The lowest BCUT2D eigenvalue weighted by Gasteiger charge is -2.54. The minimum Gasteiger partial charge on any atom is -0.327 e. The molecule has 0 aromatic rings. The van der Waals surface area contributed by atoms with Crippen molar-refractivity contribution < 1.29 is 0 Å². The van der Waals surface area contributed by atoms with Crippen molar-refractivity contribution in [1.29, 1.82) is 0 Å². The summed E-state index contributed by atoms with van der Waals surface area (Å²) in [6.45, 7) is 9.22. The van der Waals surface area contributed by atoms with E-state index in [1.165, 1.54) is 12.8 Å². The molecule has 0 aromatic heterocycles. The highest BCUT2D eigenvalue weighted by Crippen LogP contribution is 2.51. The van der Waals surface area contributed by atoms with Gasteiger partial charge in [0.2, 0.25) is 0 Å². The first-order chi connectivity index (χ1) is 5.01. The van der Waals surface area contributed by atoms with Crippen molar-refractivity contribution in [1.82, 2.24) is 0 Å². The van der Waals surface area contributed by atoms with Gasteiger partial charge in [-0.2, -0.15) is 0 Å². The third-order valence-corrected chi connectivity index (χ3v) is 3.73. The largest absolute Gasteiger partial charge is 0.327 e. The molecule has 66 valence electrons. The van der Waals surface area contributed by atoms with E-state index in [1.54, 1.807) is 0 Å². The molecule has 1 aliphatic rings. The second-order valence-electron chi connectivity index (χ2n) is 4.57. The smallest absolute Gasteiger partial charge is 0.0101 e. The van der Waals surface area contributed by atoms with Gasteiger partial charge in [-0.05, 0) is 30.1 Å². The number of hydrogen-bond acceptors (Lipinski definition) is 1. The summed E-state index contributed by atoms with van der Waals surface area (Å²) in [6.07, 6.45) is 2.57. The van der Waals surface area contributed by atoms with Crippen LogP contribution in [-0.2, 0) is 0 Å². The van der Waals surface area contributed by atoms with E-state index in [0.717, 1.165) is 11.8 Å². The summed E-state index contributed by atoms with van der Waals surface area (Å²) in [5.74, 6) is 1.48. The van der Waals surface area contributed by atoms with E-state index in [1.807, 2.05) is 0 Å². The Morgan fingerprint density at radius 2 is 1.64 bits per heavy atom. The molecule has 1 nitrogen and oxygen atoms in total. The molecule has 0 spiro atoms. The van der Waals surface area contributed by atoms with Crippen molar-refractivity contribution in [3.63, 3.8) is 0 Å². The summed E-state index contributed by atoms with van der Waals surface area (Å²) < 4.78 is 0. The van der Waals surface area contributed by atoms with E-state index >= 15 is 0 Å². The minimum absolute atomic E-state index is 0.458. The Bertz CT molecular complexity index is 121. The van der Waals surface area contributed by atoms with Crippen LogP contribution < -0.4 is 5.73 Å². The predicted octanol–water partition coefficient (Wildman–Crippen LogP) is 2.41. The Balaban J connectivity index is 2.73. The molecule has 0 aromatic carbocycles. The summed E-state index contributed by atoms with van der Waals surface area (Å²) in [5, 5.41) is 0. The van der Waals surface area contributed by atoms with Gasteiger partial charge in [0.05, 0.1) is 0 Å². The molecule has 0 unspecified atom stereocenters. The maximum Gasteiger partial charge on any atom is 0.0101 e. The average Bonchev–Trinajstić information content (AvgIpc) is 1.83. The Hall–Kier alpha value is -0.0400. The van der Waals surface area contributed by atoms with E-state index in [0.29, 0.717) is 11.5 Å². The molecule has 0 amide bonds. The van der Waals surface area contributed by atoms with Gasteiger partial charge in [0.25, 0.3) is 0 Å². The van der Waals surface area contributed by atoms with Gasteiger partial charge in [0.15, 0.2) is 0 Å². The zero-order valence-corrected chi connectivity index (χ0v) is 8.22. The molecule has 1 rings (SSSR count). The van der Waals surface area contributed by atoms with Crippen LogP contribution in [0.15, 0.2) is 0 Å². The highest BCUT2D eigenvalue weighted by atomic mass is 14.8. The van der Waals surface area contributed by atoms with Crippen LogP contribution in [0.5, 0.6) is 0 Å². The molecule has 0 heterocycles. The van der Waals surface area contributed by atoms with Crippen LogP contribution in [0.25, 0.3) is 0 Å². The molecule has 1 atom stereocenters. The lowest BCUT2D eigenvalue weighted by Crippen LogP contribution is -2.56. The molecule has 2 N–H and O–H groups in total. The molecule has 1 fully saturated rings. The molecular weight excluding hydrogens is 134 g/mol. The first-order valence-electron chi connectivity index (χ1n) is 4.77. The van der Waals surface area contributed by atoms with E-state index in [4.69, 9.17) is 5.73 Å². The number of hydrogen-bond donors (Lipinski definition) is 1. The van der Waals surface area contributed by atoms with Crippen molar-refractivity contribution in [3.8, 4) is 0 Å². The zero-order chi connectivity index (χ0) is 8.65. The molecule has 1 heteroatoms. The Morgan fingerprint density at radius 1 is 1.18 bits per heavy atom. The van der Waals surface area contributed by atoms with Crippen LogP contribution in [0.4, 0.5) is 0 Å². The van der Waals surface area contributed by atoms with Crippen molar-refractivity contribution in [2.24, 2.45) is 23.0 Å². The van der Waals surface area contributed by atoms with Gasteiger partial charge >= 0.3 is 0 Å². The summed E-state index contributed by atoms with van der Waals surface area (Å²) in [6, 6.07) is 0.461. The average molecular weight is 155 g/mol. The maximum absolute atomic E-state index is 6.06. The maximum atomic E-state index is 6.06. The second-order valence-corrected chi connectivity index (χ2v) is 4.57. The topological polar surface area (TPSA) is 26.0 Å². The number of rotatable bonds is 2. The highest BCUT2D eigenvalue weighted by Gasteiger charge is 2.48. The monoisotopic (exact) mass is 155 g/mol. The lowest BCUT2D eigenvalue weighted by atomic mass is 9.53. The third-order valence-electron chi connectivity index (χ3n) is 3.73. The van der Waals surface area contributed by atoms with Crippen molar-refractivity contribution in [3.05, 3.63) is 0 Å². The lowest BCUT2D eigenvalue weighted by molar-refractivity contribution is -0.0138. The van der Waals surface area contributed by atoms with Gasteiger partial charge < -0.3 is 5.73 Å². The fraction of sp³-hybridized carbons (Fsp3) is 1.00. The van der Waals surface area contributed by atoms with Crippen molar-refractivity contribution in [2.75, 3.05) is 0 Å². The van der Waals surface area contributed by atoms with Gasteiger partial charge in [0.1, 0.15) is 0 Å². The SMILES string of the molecule is CC(C)C1(C(C)C)CC[C@H]1N. The fourth-order valence-corrected chi connectivity index (χ4v) is 2.74. The minimum atomic E-state index is 0.458. The third kappa shape index (κ3) is 1.10. The molecule has 0 bridgehead atoms. The molecule has 0 saturated heterocycles. The van der Waals surface area contributed by atoms with Crippen LogP contribution in [0, 0.1) is 17.3 Å². The molecule has 1 saturated carbocycles. The normalized spacial score (nSPS) is 29.2. The van der Waals surface area contributed by atoms with Crippen LogP contribution in [0.2, 0.25) is 0 Å². The second kappa shape index (κ2) is 2.78. The quantitative estimate of drug-likeness (QED) is 0.651. The molecule has 1 aliphatic carbocycles. The fourth-order valence-electron chi connectivity index (χ4n) is 2.74. The Morgan fingerprint density at radius 3 is 1.64 bits per heavy atom. The van der Waals surface area contributed by atoms with E-state index in [9.17, 15) is 0 Å². The summed E-state index contributed by atoms with van der Waals surface area (Å²) in [7, 11) is 0. The van der Waals surface area contributed by atoms with Crippen molar-refractivity contribution in [2.45, 2.75) is 46.6 Å². The van der Waals surface area contributed by atoms with Crippen LogP contribution in [-0.4, -0.2) is 6.04 Å². The number of nitrogens with two attached hydrogens (primary N) is 1. The van der Waals surface area contributed by atoms with Crippen molar-refractivity contribution >= 4 is 0 Å². The van der Waals surface area contributed by atoms with Gasteiger partial charge in [-0.1, -0.05) is 27.7 Å². The van der Waals surface area contributed by atoms with Gasteiger partial charge in [-0.15, -0.1) is 0 Å². The first kappa shape index (κ1) is 9.05. The molecule has 0 aliphatic heterocycles. The van der Waals surface area contributed by atoms with E-state index < -0.39 is 0 Å². The summed E-state index contributed by atoms with van der Waals surface area (Å²) in [4.78, 5) is 0. The summed E-state index contributed by atoms with van der Waals surface area (Å²) >= 11 is 0. The van der Waals surface area contributed by atoms with Gasteiger partial charge in [-0.25, -0.2) is 0 Å². The highest BCUT2D eigenvalue weighted by molar-refractivity contribution is 5.02. The van der Waals surface area contributed by atoms with Crippen LogP contribution in [0.1, 0.15) is 40.5 Å². The molecular formula is C10H21N. The zero-order valence-electron chi connectivity index (χ0n) is 8.22. The van der Waals surface area contributed by atoms with Crippen LogP contribution >= 0.6 is 0 Å². The predicted molar refractivity (Wildman–Crippen MR) is 49.3 cm³/mol.